The number of hydrogen-bond acceptors (Lipinski definition) is 2. The lowest BCUT2D eigenvalue weighted by Crippen LogP contribution is -2.14. The van der Waals surface area contributed by atoms with Gasteiger partial charge in [0.15, 0.2) is 0 Å². The van der Waals surface area contributed by atoms with Gasteiger partial charge in [0, 0.05) is 16.2 Å². The average Bonchev–Trinajstić information content (AvgIpc) is 2.93. The van der Waals surface area contributed by atoms with Gasteiger partial charge in [-0.05, 0) is 52.4 Å². The summed E-state index contributed by atoms with van der Waals surface area (Å²) in [5.74, 6) is 0.602. The lowest BCUT2D eigenvalue weighted by Gasteiger charge is -2.14. The lowest BCUT2D eigenvalue weighted by molar-refractivity contribution is 0.635. The topological polar surface area (TPSA) is 52.0 Å². The van der Waals surface area contributed by atoms with Crippen LogP contribution in [0.2, 0.25) is 5.02 Å². The maximum atomic E-state index is 6.08. The molecule has 14 heavy (non-hydrogen) atoms. The maximum absolute atomic E-state index is 6.08. The smallest absolute Gasteiger partial charge is 0.0568 e. The molecule has 0 saturated heterocycles. The van der Waals surface area contributed by atoms with Gasteiger partial charge in [-0.1, -0.05) is 11.6 Å². The number of anilines is 1. The van der Waals surface area contributed by atoms with Crippen LogP contribution < -0.4 is 11.5 Å². The molecule has 2 rings (SSSR count). The standard InChI is InChI=1S/C10H12BrClN2/c11-7-3-6(9(13)4-8(7)12)10(14)5-1-2-5/h3-5,10H,1-2,13-14H2. The third-order valence-electron chi connectivity index (χ3n) is 2.61. The summed E-state index contributed by atoms with van der Waals surface area (Å²) in [6.45, 7) is 0. The van der Waals surface area contributed by atoms with E-state index in [0.717, 1.165) is 10.0 Å². The monoisotopic (exact) mass is 274 g/mol. The third-order valence-corrected chi connectivity index (χ3v) is 3.81. The highest BCUT2D eigenvalue weighted by Gasteiger charge is 2.30. The molecule has 4 N–H and O–H groups in total. The van der Waals surface area contributed by atoms with Crippen LogP contribution in [0.15, 0.2) is 16.6 Å². The van der Waals surface area contributed by atoms with Gasteiger partial charge in [-0.25, -0.2) is 0 Å². The number of hydrogen-bond donors (Lipinski definition) is 2. The van der Waals surface area contributed by atoms with Crippen LogP contribution in [0.3, 0.4) is 0 Å². The van der Waals surface area contributed by atoms with E-state index in [1.165, 1.54) is 12.8 Å². The molecule has 0 spiro atoms. The number of nitrogens with two attached hydrogens (primary N) is 2. The van der Waals surface area contributed by atoms with Crippen molar-refractivity contribution in [2.45, 2.75) is 18.9 Å². The Labute approximate surface area is 96.7 Å². The zero-order valence-electron chi connectivity index (χ0n) is 7.63. The summed E-state index contributed by atoms with van der Waals surface area (Å²) in [5, 5.41) is 0.634. The van der Waals surface area contributed by atoms with E-state index in [-0.39, 0.29) is 6.04 Å². The summed E-state index contributed by atoms with van der Waals surface area (Å²) < 4.78 is 0.861. The summed E-state index contributed by atoms with van der Waals surface area (Å²) in [7, 11) is 0. The van der Waals surface area contributed by atoms with E-state index in [1.54, 1.807) is 6.07 Å². The van der Waals surface area contributed by atoms with Gasteiger partial charge in [0.2, 0.25) is 0 Å². The second-order valence-electron chi connectivity index (χ2n) is 3.76. The van der Waals surface area contributed by atoms with Crippen molar-refractivity contribution in [2.75, 3.05) is 5.73 Å². The van der Waals surface area contributed by atoms with Gasteiger partial charge in [-0.3, -0.25) is 0 Å². The van der Waals surface area contributed by atoms with Gasteiger partial charge < -0.3 is 11.5 Å². The van der Waals surface area contributed by atoms with Crippen molar-refractivity contribution >= 4 is 33.2 Å². The van der Waals surface area contributed by atoms with Gasteiger partial charge >= 0.3 is 0 Å². The molecule has 0 radical (unpaired) electrons. The van der Waals surface area contributed by atoms with Gasteiger partial charge in [-0.2, -0.15) is 0 Å². The fourth-order valence-corrected chi connectivity index (χ4v) is 2.11. The molecular formula is C10H12BrClN2. The fourth-order valence-electron chi connectivity index (χ4n) is 1.58. The number of rotatable bonds is 2. The number of benzene rings is 1. The Hall–Kier alpha value is -0.250. The molecule has 1 aliphatic carbocycles. The lowest BCUT2D eigenvalue weighted by atomic mass is 10.0. The van der Waals surface area contributed by atoms with Crippen LogP contribution in [-0.2, 0) is 0 Å². The molecule has 0 bridgehead atoms. The Balaban J connectivity index is 2.36. The van der Waals surface area contributed by atoms with Crippen molar-refractivity contribution in [3.63, 3.8) is 0 Å². The predicted octanol–water partition coefficient (Wildman–Crippen LogP) is 3.09. The summed E-state index contributed by atoms with van der Waals surface area (Å²) in [4.78, 5) is 0. The molecule has 4 heteroatoms. The molecule has 1 aromatic carbocycles. The Morgan fingerprint density at radius 3 is 2.64 bits per heavy atom. The van der Waals surface area contributed by atoms with Crippen molar-refractivity contribution in [1.29, 1.82) is 0 Å². The number of nitrogen functional groups attached to an aromatic ring is 1. The molecule has 76 valence electrons. The third kappa shape index (κ3) is 1.90. The van der Waals surface area contributed by atoms with Crippen molar-refractivity contribution < 1.29 is 0 Å². The zero-order valence-corrected chi connectivity index (χ0v) is 9.98. The van der Waals surface area contributed by atoms with Crippen LogP contribution in [-0.4, -0.2) is 0 Å². The summed E-state index contributed by atoms with van der Waals surface area (Å²) >= 11 is 9.29. The zero-order chi connectivity index (χ0) is 10.3. The molecule has 1 unspecified atom stereocenters. The van der Waals surface area contributed by atoms with Gasteiger partial charge in [0.05, 0.1) is 5.02 Å². The molecule has 2 nitrogen and oxygen atoms in total. The molecule has 1 atom stereocenters. The van der Waals surface area contributed by atoms with E-state index in [2.05, 4.69) is 15.9 Å². The predicted molar refractivity (Wildman–Crippen MR) is 63.2 cm³/mol. The van der Waals surface area contributed by atoms with Crippen molar-refractivity contribution in [3.05, 3.63) is 27.2 Å². The SMILES string of the molecule is Nc1cc(Cl)c(Br)cc1C(N)C1CC1. The first kappa shape index (κ1) is 10.3. The van der Waals surface area contributed by atoms with E-state index in [0.29, 0.717) is 16.6 Å². The van der Waals surface area contributed by atoms with Crippen LogP contribution in [0.4, 0.5) is 5.69 Å². The first-order valence-electron chi connectivity index (χ1n) is 4.59. The minimum Gasteiger partial charge on any atom is -0.398 e. The van der Waals surface area contributed by atoms with Crippen LogP contribution >= 0.6 is 27.5 Å². The first-order valence-corrected chi connectivity index (χ1v) is 5.76. The second-order valence-corrected chi connectivity index (χ2v) is 5.02. The van der Waals surface area contributed by atoms with E-state index < -0.39 is 0 Å². The summed E-state index contributed by atoms with van der Waals surface area (Å²) in [6, 6.07) is 3.74. The molecule has 1 fully saturated rings. The van der Waals surface area contributed by atoms with E-state index in [9.17, 15) is 0 Å². The van der Waals surface area contributed by atoms with Gasteiger partial charge in [-0.15, -0.1) is 0 Å². The molecule has 1 saturated carbocycles. The molecule has 1 aliphatic rings. The van der Waals surface area contributed by atoms with E-state index in [1.807, 2.05) is 6.07 Å². The molecule has 0 amide bonds. The van der Waals surface area contributed by atoms with E-state index >= 15 is 0 Å². The molecular weight excluding hydrogens is 263 g/mol. The van der Waals surface area contributed by atoms with Crippen LogP contribution in [0.1, 0.15) is 24.4 Å². The normalized spacial score (nSPS) is 18.2. The highest BCUT2D eigenvalue weighted by atomic mass is 79.9. The highest BCUT2D eigenvalue weighted by Crippen LogP contribution is 2.42. The molecule has 1 aromatic rings. The maximum Gasteiger partial charge on any atom is 0.0568 e. The van der Waals surface area contributed by atoms with Gasteiger partial charge in [0.25, 0.3) is 0 Å². The van der Waals surface area contributed by atoms with Crippen LogP contribution in [0.25, 0.3) is 0 Å². The van der Waals surface area contributed by atoms with Gasteiger partial charge in [0.1, 0.15) is 0 Å². The Kier molecular flexibility index (Phi) is 2.73. The fraction of sp³-hybridized carbons (Fsp3) is 0.400. The molecule has 0 aromatic heterocycles. The quantitative estimate of drug-likeness (QED) is 0.815. The Bertz CT molecular complexity index is 363. The largest absolute Gasteiger partial charge is 0.398 e. The Morgan fingerprint density at radius 2 is 2.07 bits per heavy atom. The van der Waals surface area contributed by atoms with Crippen LogP contribution in [0, 0.1) is 5.92 Å². The highest BCUT2D eigenvalue weighted by molar-refractivity contribution is 9.10. The van der Waals surface area contributed by atoms with Crippen molar-refractivity contribution in [2.24, 2.45) is 11.7 Å². The second kappa shape index (κ2) is 3.72. The number of halogens is 2. The minimum atomic E-state index is 0.0589. The van der Waals surface area contributed by atoms with Crippen molar-refractivity contribution in [3.8, 4) is 0 Å². The van der Waals surface area contributed by atoms with E-state index in [4.69, 9.17) is 23.1 Å². The average molecular weight is 276 g/mol. The minimum absolute atomic E-state index is 0.0589. The van der Waals surface area contributed by atoms with Crippen LogP contribution in [0.5, 0.6) is 0 Å². The summed E-state index contributed by atoms with van der Waals surface area (Å²) in [6.07, 6.45) is 2.42. The molecule has 0 heterocycles. The summed E-state index contributed by atoms with van der Waals surface area (Å²) in [5.41, 5.74) is 13.6. The molecule has 0 aliphatic heterocycles. The Morgan fingerprint density at radius 1 is 1.43 bits per heavy atom. The van der Waals surface area contributed by atoms with Crippen molar-refractivity contribution in [1.82, 2.24) is 0 Å². The first-order chi connectivity index (χ1) is 6.59.